The van der Waals surface area contributed by atoms with Gasteiger partial charge in [0.2, 0.25) is 0 Å². The summed E-state index contributed by atoms with van der Waals surface area (Å²) in [6.45, 7) is 0.880. The lowest BCUT2D eigenvalue weighted by Crippen LogP contribution is -2.37. The first-order valence-corrected chi connectivity index (χ1v) is 5.91. The number of halogens is 1. The van der Waals surface area contributed by atoms with E-state index < -0.39 is 0 Å². The predicted molar refractivity (Wildman–Crippen MR) is 71.2 cm³/mol. The van der Waals surface area contributed by atoms with Gasteiger partial charge in [-0.25, -0.2) is 4.39 Å². The van der Waals surface area contributed by atoms with Crippen LogP contribution in [0.15, 0.2) is 29.3 Å². The molecule has 0 unspecified atom stereocenters. The number of benzene rings is 1. The molecular weight excluding hydrogens is 249 g/mol. The minimum Gasteiger partial charge on any atom is -0.469 e. The molecular formula is C13H18FN3O2. The molecule has 0 spiro atoms. The van der Waals surface area contributed by atoms with Gasteiger partial charge >= 0.3 is 5.97 Å². The summed E-state index contributed by atoms with van der Waals surface area (Å²) in [6, 6.07) is 6.32. The molecule has 0 atom stereocenters. The highest BCUT2D eigenvalue weighted by atomic mass is 19.1. The molecule has 0 radical (unpaired) electrons. The summed E-state index contributed by atoms with van der Waals surface area (Å²) in [6.07, 6.45) is 0.261. The largest absolute Gasteiger partial charge is 0.469 e. The van der Waals surface area contributed by atoms with Gasteiger partial charge in [-0.05, 0) is 17.7 Å². The van der Waals surface area contributed by atoms with Crippen molar-refractivity contribution in [2.75, 3.05) is 20.7 Å². The number of rotatable bonds is 5. The topological polar surface area (TPSA) is 62.7 Å². The molecule has 0 fully saturated rings. The second-order valence-electron chi connectivity index (χ2n) is 3.81. The molecule has 0 heterocycles. The Morgan fingerprint density at radius 3 is 2.84 bits per heavy atom. The van der Waals surface area contributed by atoms with Gasteiger partial charge in [-0.1, -0.05) is 12.1 Å². The summed E-state index contributed by atoms with van der Waals surface area (Å²) in [5.74, 6) is -0.00538. The van der Waals surface area contributed by atoms with Gasteiger partial charge in [0.05, 0.1) is 13.5 Å². The van der Waals surface area contributed by atoms with Crippen molar-refractivity contribution < 1.29 is 13.9 Å². The van der Waals surface area contributed by atoms with Gasteiger partial charge in [-0.15, -0.1) is 0 Å². The Bertz CT molecular complexity index is 449. The third-order valence-corrected chi connectivity index (χ3v) is 2.42. The first-order chi connectivity index (χ1) is 9.15. The highest BCUT2D eigenvalue weighted by Gasteiger charge is 2.02. The number of esters is 1. The zero-order chi connectivity index (χ0) is 14.1. The van der Waals surface area contributed by atoms with Crippen LogP contribution >= 0.6 is 0 Å². The Hall–Kier alpha value is -2.11. The molecule has 0 aromatic heterocycles. The van der Waals surface area contributed by atoms with Gasteiger partial charge in [-0.2, -0.15) is 0 Å². The predicted octanol–water partition coefficient (Wildman–Crippen LogP) is 1.05. The van der Waals surface area contributed by atoms with Crippen molar-refractivity contribution in [3.8, 4) is 0 Å². The van der Waals surface area contributed by atoms with Gasteiger partial charge in [0, 0.05) is 20.1 Å². The van der Waals surface area contributed by atoms with Crippen LogP contribution in [0.1, 0.15) is 12.0 Å². The Morgan fingerprint density at radius 2 is 2.21 bits per heavy atom. The Kier molecular flexibility index (Phi) is 6.35. The lowest BCUT2D eigenvalue weighted by Gasteiger charge is -2.11. The first kappa shape index (κ1) is 14.9. The summed E-state index contributed by atoms with van der Waals surface area (Å²) in [5.41, 5.74) is 0.816. The molecule has 104 valence electrons. The van der Waals surface area contributed by atoms with E-state index in [0.29, 0.717) is 19.0 Å². The quantitative estimate of drug-likeness (QED) is 0.475. The average molecular weight is 267 g/mol. The molecule has 6 heteroatoms. The minimum absolute atomic E-state index is 0.261. The molecule has 0 amide bonds. The number of aliphatic imine (C=N–C) groups is 1. The molecule has 0 aliphatic carbocycles. The van der Waals surface area contributed by atoms with E-state index in [0.717, 1.165) is 5.56 Å². The first-order valence-electron chi connectivity index (χ1n) is 5.91. The lowest BCUT2D eigenvalue weighted by molar-refractivity contribution is -0.140. The number of carbonyl (C=O) groups excluding carboxylic acids is 1. The fraction of sp³-hybridized carbons (Fsp3) is 0.385. The molecule has 0 bridgehead atoms. The van der Waals surface area contributed by atoms with Crippen molar-refractivity contribution in [1.82, 2.24) is 10.6 Å². The van der Waals surface area contributed by atoms with E-state index in [4.69, 9.17) is 0 Å². The molecule has 1 aromatic rings. The van der Waals surface area contributed by atoms with Crippen LogP contribution in [0.4, 0.5) is 4.39 Å². The third-order valence-electron chi connectivity index (χ3n) is 2.42. The molecule has 0 saturated carbocycles. The number of hydrogen-bond donors (Lipinski definition) is 2. The van der Waals surface area contributed by atoms with E-state index in [9.17, 15) is 9.18 Å². The van der Waals surface area contributed by atoms with Gasteiger partial charge in [0.25, 0.3) is 0 Å². The lowest BCUT2D eigenvalue weighted by atomic mass is 10.2. The third kappa shape index (κ3) is 5.85. The normalized spacial score (nSPS) is 11.0. The smallest absolute Gasteiger partial charge is 0.307 e. The molecule has 1 rings (SSSR count). The fourth-order valence-electron chi connectivity index (χ4n) is 1.44. The van der Waals surface area contributed by atoms with Crippen LogP contribution < -0.4 is 10.6 Å². The van der Waals surface area contributed by atoms with Crippen LogP contribution in [0.2, 0.25) is 0 Å². The maximum atomic E-state index is 13.0. The van der Waals surface area contributed by atoms with Gasteiger partial charge in [0.15, 0.2) is 5.96 Å². The van der Waals surface area contributed by atoms with E-state index in [2.05, 4.69) is 20.4 Å². The molecule has 19 heavy (non-hydrogen) atoms. The summed E-state index contributed by atoms with van der Waals surface area (Å²) < 4.78 is 17.5. The van der Waals surface area contributed by atoms with Crippen molar-refractivity contribution in [2.45, 2.75) is 13.0 Å². The number of guanidine groups is 1. The highest BCUT2D eigenvalue weighted by molar-refractivity contribution is 5.80. The van der Waals surface area contributed by atoms with Crippen molar-refractivity contribution >= 4 is 11.9 Å². The SMILES string of the molecule is CN=C(NCCC(=O)OC)NCc1cccc(F)c1. The van der Waals surface area contributed by atoms with Crippen LogP contribution in [0.5, 0.6) is 0 Å². The van der Waals surface area contributed by atoms with Crippen LogP contribution in [0, 0.1) is 5.82 Å². The van der Waals surface area contributed by atoms with Crippen molar-refractivity contribution in [2.24, 2.45) is 4.99 Å². The van der Waals surface area contributed by atoms with Crippen LogP contribution in [0.25, 0.3) is 0 Å². The Balaban J connectivity index is 2.35. The Labute approximate surface area is 111 Å². The molecule has 2 N–H and O–H groups in total. The standard InChI is InChI=1S/C13H18FN3O2/c1-15-13(16-7-6-12(18)19-2)17-9-10-4-3-5-11(14)8-10/h3-5,8H,6-7,9H2,1-2H3,(H2,15,16,17). The van der Waals surface area contributed by atoms with Crippen LogP contribution in [-0.4, -0.2) is 32.6 Å². The average Bonchev–Trinajstić information content (AvgIpc) is 2.42. The maximum absolute atomic E-state index is 13.0. The number of carbonyl (C=O) groups is 1. The van der Waals surface area contributed by atoms with Gasteiger partial charge in [0.1, 0.15) is 5.82 Å². The molecule has 5 nitrogen and oxygen atoms in total. The van der Waals surface area contributed by atoms with E-state index >= 15 is 0 Å². The van der Waals surface area contributed by atoms with Gasteiger partial charge in [-0.3, -0.25) is 9.79 Å². The Morgan fingerprint density at radius 1 is 1.42 bits per heavy atom. The summed E-state index contributed by atoms with van der Waals surface area (Å²) in [4.78, 5) is 14.9. The number of ether oxygens (including phenoxy) is 1. The van der Waals surface area contributed by atoms with Crippen LogP contribution in [0.3, 0.4) is 0 Å². The molecule has 1 aromatic carbocycles. The van der Waals surface area contributed by atoms with Crippen molar-refractivity contribution in [1.29, 1.82) is 0 Å². The van der Waals surface area contributed by atoms with Crippen molar-refractivity contribution in [3.63, 3.8) is 0 Å². The molecule has 0 aliphatic heterocycles. The van der Waals surface area contributed by atoms with E-state index in [1.54, 1.807) is 13.1 Å². The maximum Gasteiger partial charge on any atom is 0.307 e. The summed E-state index contributed by atoms with van der Waals surface area (Å²) >= 11 is 0. The summed E-state index contributed by atoms with van der Waals surface area (Å²) in [5, 5.41) is 5.99. The van der Waals surface area contributed by atoms with Crippen LogP contribution in [-0.2, 0) is 16.1 Å². The number of nitrogens with zero attached hydrogens (tertiary/aromatic N) is 1. The summed E-state index contributed by atoms with van der Waals surface area (Å²) in [7, 11) is 2.97. The van der Waals surface area contributed by atoms with Crippen molar-refractivity contribution in [3.05, 3.63) is 35.6 Å². The number of methoxy groups -OCH3 is 1. The number of hydrogen-bond acceptors (Lipinski definition) is 3. The zero-order valence-electron chi connectivity index (χ0n) is 11.1. The molecule has 0 saturated heterocycles. The minimum atomic E-state index is -0.284. The molecule has 0 aliphatic rings. The number of nitrogens with one attached hydrogen (secondary N) is 2. The van der Waals surface area contributed by atoms with E-state index in [1.807, 2.05) is 6.07 Å². The van der Waals surface area contributed by atoms with E-state index in [-0.39, 0.29) is 18.2 Å². The zero-order valence-corrected chi connectivity index (χ0v) is 11.1. The fourth-order valence-corrected chi connectivity index (χ4v) is 1.44. The monoisotopic (exact) mass is 267 g/mol. The van der Waals surface area contributed by atoms with Gasteiger partial charge < -0.3 is 15.4 Å². The highest BCUT2D eigenvalue weighted by Crippen LogP contribution is 2.02. The second kappa shape index (κ2) is 8.07. The van der Waals surface area contributed by atoms with E-state index in [1.165, 1.54) is 19.2 Å². The second-order valence-corrected chi connectivity index (χ2v) is 3.81.